The van der Waals surface area contributed by atoms with E-state index in [4.69, 9.17) is 9.47 Å². The summed E-state index contributed by atoms with van der Waals surface area (Å²) in [5.41, 5.74) is 1.65. The van der Waals surface area contributed by atoms with E-state index in [0.717, 1.165) is 47.2 Å². The molecule has 0 amide bonds. The molecule has 32 heavy (non-hydrogen) atoms. The summed E-state index contributed by atoms with van der Waals surface area (Å²) < 4.78 is 13.9. The predicted molar refractivity (Wildman–Crippen MR) is 128 cm³/mol. The smallest absolute Gasteiger partial charge is 0.344 e. The van der Waals surface area contributed by atoms with E-state index in [-0.39, 0.29) is 0 Å². The number of hydrogen-bond donors (Lipinski definition) is 0. The van der Waals surface area contributed by atoms with Gasteiger partial charge in [0.05, 0.1) is 18.2 Å². The summed E-state index contributed by atoms with van der Waals surface area (Å²) in [5.74, 6) is 1.76. The molecule has 0 saturated heterocycles. The van der Waals surface area contributed by atoms with Crippen molar-refractivity contribution in [2.24, 2.45) is 0 Å². The van der Waals surface area contributed by atoms with Gasteiger partial charge in [-0.25, -0.2) is 4.79 Å². The monoisotopic (exact) mass is 540 g/mol. The zero-order valence-corrected chi connectivity index (χ0v) is 19.7. The van der Waals surface area contributed by atoms with Gasteiger partial charge >= 0.3 is 5.97 Å². The molecule has 162 valence electrons. The summed E-state index contributed by atoms with van der Waals surface area (Å²) in [6, 6.07) is 14.6. The molecule has 0 radical (unpaired) electrons. The van der Waals surface area contributed by atoms with Crippen molar-refractivity contribution in [2.45, 2.75) is 32.2 Å². The van der Waals surface area contributed by atoms with Gasteiger partial charge in [0.1, 0.15) is 11.9 Å². The van der Waals surface area contributed by atoms with Gasteiger partial charge in [-0.05, 0) is 71.3 Å². The number of carbonyl (C=O) groups excluding carboxylic acids is 1. The Hall–Kier alpha value is -3.19. The molecule has 8 heteroatoms. The number of nitrogens with zero attached hydrogens (tertiary/aromatic N) is 4. The van der Waals surface area contributed by atoms with Crippen LogP contribution in [-0.4, -0.2) is 27.8 Å². The van der Waals surface area contributed by atoms with Gasteiger partial charge in [-0.3, -0.25) is 0 Å². The minimum atomic E-state index is -0.458. The third-order valence-corrected chi connectivity index (χ3v) is 6.21. The molecule has 0 spiro atoms. The van der Waals surface area contributed by atoms with Crippen LogP contribution in [0.5, 0.6) is 11.5 Å². The van der Waals surface area contributed by atoms with Crippen LogP contribution in [0.1, 0.15) is 46.8 Å². The Balaban J connectivity index is 1.62. The number of benzene rings is 2. The number of aryl methyl sites for hydroxylation is 1. The Morgan fingerprint density at radius 3 is 2.78 bits per heavy atom. The normalized spacial score (nSPS) is 13.6. The van der Waals surface area contributed by atoms with Crippen LogP contribution in [0.2, 0.25) is 0 Å². The fraction of sp³-hybridized carbons (Fsp3) is 0.250. The zero-order chi connectivity index (χ0) is 22.5. The molecule has 3 aromatic rings. The van der Waals surface area contributed by atoms with E-state index in [9.17, 15) is 10.1 Å². The number of hydrogen-bond acceptors (Lipinski definition) is 6. The lowest BCUT2D eigenvalue weighted by atomic mass is 10.1. The van der Waals surface area contributed by atoms with E-state index in [2.05, 4.69) is 38.9 Å². The summed E-state index contributed by atoms with van der Waals surface area (Å²) in [4.78, 5) is 12.6. The molecule has 1 aliphatic rings. The van der Waals surface area contributed by atoms with E-state index in [1.807, 2.05) is 16.7 Å². The largest absolute Gasteiger partial charge is 0.493 e. The minimum absolute atomic E-state index is 0.309. The van der Waals surface area contributed by atoms with Gasteiger partial charge in [0.15, 0.2) is 17.3 Å². The number of fused-ring (bicyclic) bond motifs is 1. The molecule has 1 aliphatic heterocycles. The van der Waals surface area contributed by atoms with Crippen LogP contribution in [0.15, 0.2) is 42.5 Å². The Bertz CT molecular complexity index is 1230. The van der Waals surface area contributed by atoms with E-state index in [0.29, 0.717) is 28.5 Å². The predicted octanol–water partition coefficient (Wildman–Crippen LogP) is 4.90. The highest BCUT2D eigenvalue weighted by molar-refractivity contribution is 14.1. The second kappa shape index (κ2) is 9.96. The molecule has 0 bridgehead atoms. The molecule has 4 rings (SSSR count). The number of rotatable bonds is 5. The average Bonchev–Trinajstić information content (AvgIpc) is 3.05. The highest BCUT2D eigenvalue weighted by Crippen LogP contribution is 2.31. The van der Waals surface area contributed by atoms with E-state index >= 15 is 0 Å². The molecule has 7 nitrogen and oxygen atoms in total. The summed E-state index contributed by atoms with van der Waals surface area (Å²) >= 11 is 2.10. The second-order valence-electron chi connectivity index (χ2n) is 7.35. The van der Waals surface area contributed by atoms with Gasteiger partial charge in [-0.1, -0.05) is 24.6 Å². The van der Waals surface area contributed by atoms with Crippen molar-refractivity contribution in [2.75, 3.05) is 7.11 Å². The molecule has 0 saturated carbocycles. The van der Waals surface area contributed by atoms with Gasteiger partial charge in [0, 0.05) is 16.5 Å². The van der Waals surface area contributed by atoms with Crippen LogP contribution in [-0.2, 0) is 13.0 Å². The first kappa shape index (κ1) is 22.0. The third-order valence-electron chi connectivity index (χ3n) is 5.27. The number of allylic oxidation sites excluding steroid dienone is 1. The van der Waals surface area contributed by atoms with Crippen LogP contribution >= 0.6 is 22.6 Å². The lowest BCUT2D eigenvalue weighted by Gasteiger charge is -2.11. The van der Waals surface area contributed by atoms with Crippen LogP contribution in [0.4, 0.5) is 0 Å². The number of halogens is 1. The highest BCUT2D eigenvalue weighted by atomic mass is 127. The Labute approximate surface area is 199 Å². The van der Waals surface area contributed by atoms with Crippen LogP contribution in [0.25, 0.3) is 11.6 Å². The number of methoxy groups -OCH3 is 1. The summed E-state index contributed by atoms with van der Waals surface area (Å²) in [7, 11) is 1.51. The molecular weight excluding hydrogens is 519 g/mol. The first-order valence-electron chi connectivity index (χ1n) is 10.3. The molecule has 2 heterocycles. The van der Waals surface area contributed by atoms with Gasteiger partial charge in [0.2, 0.25) is 0 Å². The molecule has 0 fully saturated rings. The molecule has 2 aromatic carbocycles. The van der Waals surface area contributed by atoms with Crippen molar-refractivity contribution in [3.05, 3.63) is 68.8 Å². The van der Waals surface area contributed by atoms with Crippen molar-refractivity contribution in [3.63, 3.8) is 0 Å². The van der Waals surface area contributed by atoms with E-state index in [1.54, 1.807) is 36.4 Å². The van der Waals surface area contributed by atoms with Crippen molar-refractivity contribution >= 4 is 40.2 Å². The lowest BCUT2D eigenvalue weighted by molar-refractivity contribution is 0.0728. The summed E-state index contributed by atoms with van der Waals surface area (Å²) in [6.07, 6.45) is 5.90. The number of nitriles is 1. The van der Waals surface area contributed by atoms with Crippen molar-refractivity contribution in [1.82, 2.24) is 14.8 Å². The molecule has 0 N–H and O–H groups in total. The minimum Gasteiger partial charge on any atom is -0.493 e. The highest BCUT2D eigenvalue weighted by Gasteiger charge is 2.19. The van der Waals surface area contributed by atoms with Crippen molar-refractivity contribution in [1.29, 1.82) is 5.26 Å². The second-order valence-corrected chi connectivity index (χ2v) is 8.51. The van der Waals surface area contributed by atoms with E-state index in [1.165, 1.54) is 7.11 Å². The average molecular weight is 540 g/mol. The molecule has 0 aliphatic carbocycles. The van der Waals surface area contributed by atoms with Gasteiger partial charge in [0.25, 0.3) is 0 Å². The SMILES string of the molecule is COc1cc(/C=C(\C#N)c2nnc3n2CCCCC3)ccc1OC(=O)c1ccccc1I. The lowest BCUT2D eigenvalue weighted by Crippen LogP contribution is -2.10. The topological polar surface area (TPSA) is 90.0 Å². The van der Waals surface area contributed by atoms with Crippen molar-refractivity contribution in [3.8, 4) is 17.6 Å². The number of esters is 1. The molecular formula is C24H21IN4O3. The molecule has 0 unspecified atom stereocenters. The van der Waals surface area contributed by atoms with Gasteiger partial charge in [-0.15, -0.1) is 10.2 Å². The zero-order valence-electron chi connectivity index (χ0n) is 17.5. The fourth-order valence-electron chi connectivity index (χ4n) is 3.64. The quantitative estimate of drug-likeness (QED) is 0.198. The standard InChI is InChI=1S/C24H21IN4O3/c1-31-21-14-16(10-11-20(21)32-24(30)18-7-4-5-8-19(18)25)13-17(15-26)23-28-27-22-9-3-2-6-12-29(22)23/h4-5,7-8,10-11,13-14H,2-3,6,9,12H2,1H3/b17-13+. The summed E-state index contributed by atoms with van der Waals surface area (Å²) in [5, 5.41) is 18.3. The first-order chi connectivity index (χ1) is 15.6. The first-order valence-corrected chi connectivity index (χ1v) is 11.4. The maximum absolute atomic E-state index is 12.6. The molecule has 0 atom stereocenters. The van der Waals surface area contributed by atoms with Crippen LogP contribution < -0.4 is 9.47 Å². The maximum Gasteiger partial charge on any atom is 0.344 e. The maximum atomic E-state index is 12.6. The van der Waals surface area contributed by atoms with Crippen LogP contribution in [0.3, 0.4) is 0 Å². The fourth-order valence-corrected chi connectivity index (χ4v) is 4.25. The number of ether oxygens (including phenoxy) is 2. The van der Waals surface area contributed by atoms with Gasteiger partial charge < -0.3 is 14.0 Å². The van der Waals surface area contributed by atoms with Gasteiger partial charge in [-0.2, -0.15) is 5.26 Å². The molecule has 1 aromatic heterocycles. The Morgan fingerprint density at radius 2 is 2.00 bits per heavy atom. The van der Waals surface area contributed by atoms with Crippen molar-refractivity contribution < 1.29 is 14.3 Å². The van der Waals surface area contributed by atoms with E-state index < -0.39 is 5.97 Å². The summed E-state index contributed by atoms with van der Waals surface area (Å²) in [6.45, 7) is 0.813. The number of aromatic nitrogens is 3. The third kappa shape index (κ3) is 4.67. The van der Waals surface area contributed by atoms with Crippen LogP contribution in [0, 0.1) is 14.9 Å². The Morgan fingerprint density at radius 1 is 1.16 bits per heavy atom. The number of carbonyl (C=O) groups is 1. The Kier molecular flexibility index (Phi) is 6.85.